The molecule has 2 heteroatoms. The molecule has 102 valence electrons. The van der Waals surface area contributed by atoms with E-state index in [0.29, 0.717) is 0 Å². The average Bonchev–Trinajstić information content (AvgIpc) is 2.85. The molecule has 0 aliphatic rings. The molecular weight excluding hydrogens is 246 g/mol. The number of aromatic nitrogens is 1. The lowest BCUT2D eigenvalue weighted by atomic mass is 10.2. The number of benzene rings is 2. The molecule has 3 rings (SSSR count). The number of fused-ring (bicyclic) bond motifs is 1. The van der Waals surface area contributed by atoms with Crippen LogP contribution < -0.4 is 4.74 Å². The van der Waals surface area contributed by atoms with Gasteiger partial charge in [0.2, 0.25) is 0 Å². The molecule has 1 aromatic heterocycles. The summed E-state index contributed by atoms with van der Waals surface area (Å²) >= 11 is 0. The minimum absolute atomic E-state index is 0.883. The third-order valence-corrected chi connectivity index (χ3v) is 3.73. The SMILES string of the molecule is CCc1cc2ccccc2n1Cc1cccc(OC)c1. The van der Waals surface area contributed by atoms with Crippen LogP contribution in [-0.4, -0.2) is 11.7 Å². The van der Waals surface area contributed by atoms with Gasteiger partial charge >= 0.3 is 0 Å². The molecule has 2 aromatic carbocycles. The largest absolute Gasteiger partial charge is 0.497 e. The van der Waals surface area contributed by atoms with Crippen LogP contribution in [-0.2, 0) is 13.0 Å². The zero-order valence-electron chi connectivity index (χ0n) is 12.0. The minimum atomic E-state index is 0.883. The van der Waals surface area contributed by atoms with Crippen LogP contribution in [0.25, 0.3) is 10.9 Å². The van der Waals surface area contributed by atoms with Crippen LogP contribution in [0.4, 0.5) is 0 Å². The summed E-state index contributed by atoms with van der Waals surface area (Å²) in [5, 5.41) is 1.31. The van der Waals surface area contributed by atoms with Crippen LogP contribution >= 0.6 is 0 Å². The molecule has 2 nitrogen and oxygen atoms in total. The maximum absolute atomic E-state index is 5.31. The van der Waals surface area contributed by atoms with Crippen molar-refractivity contribution in [2.45, 2.75) is 19.9 Å². The first kappa shape index (κ1) is 12.8. The Bertz CT molecular complexity index is 727. The van der Waals surface area contributed by atoms with Crippen molar-refractivity contribution < 1.29 is 4.74 Å². The number of hydrogen-bond donors (Lipinski definition) is 0. The molecule has 1 heterocycles. The fraction of sp³-hybridized carbons (Fsp3) is 0.222. The summed E-state index contributed by atoms with van der Waals surface area (Å²) in [6, 6.07) is 19.1. The minimum Gasteiger partial charge on any atom is -0.497 e. The average molecular weight is 265 g/mol. The van der Waals surface area contributed by atoms with Gasteiger partial charge in [-0.2, -0.15) is 0 Å². The Morgan fingerprint density at radius 2 is 1.85 bits per heavy atom. The van der Waals surface area contributed by atoms with Crippen molar-refractivity contribution in [1.29, 1.82) is 0 Å². The Morgan fingerprint density at radius 3 is 2.65 bits per heavy atom. The Morgan fingerprint density at radius 1 is 1.00 bits per heavy atom. The second-order valence-electron chi connectivity index (χ2n) is 4.99. The normalized spacial score (nSPS) is 10.9. The third kappa shape index (κ3) is 2.29. The number of rotatable bonds is 4. The van der Waals surface area contributed by atoms with Gasteiger partial charge in [-0.15, -0.1) is 0 Å². The number of nitrogens with zero attached hydrogens (tertiary/aromatic N) is 1. The summed E-state index contributed by atoms with van der Waals surface area (Å²) < 4.78 is 7.70. The summed E-state index contributed by atoms with van der Waals surface area (Å²) in [6.07, 6.45) is 1.04. The zero-order valence-corrected chi connectivity index (χ0v) is 12.0. The number of hydrogen-bond acceptors (Lipinski definition) is 1. The summed E-state index contributed by atoms with van der Waals surface area (Å²) in [5.74, 6) is 0.914. The van der Waals surface area contributed by atoms with Crippen molar-refractivity contribution >= 4 is 10.9 Å². The Balaban J connectivity index is 2.04. The molecule has 0 bridgehead atoms. The molecule has 0 spiro atoms. The second-order valence-corrected chi connectivity index (χ2v) is 4.99. The zero-order chi connectivity index (χ0) is 13.9. The van der Waals surface area contributed by atoms with Gasteiger partial charge < -0.3 is 9.30 Å². The van der Waals surface area contributed by atoms with E-state index >= 15 is 0 Å². The maximum atomic E-state index is 5.31. The number of methoxy groups -OCH3 is 1. The molecule has 0 fully saturated rings. The highest BCUT2D eigenvalue weighted by Crippen LogP contribution is 2.22. The first-order valence-corrected chi connectivity index (χ1v) is 7.02. The molecule has 0 saturated heterocycles. The third-order valence-electron chi connectivity index (χ3n) is 3.73. The first-order valence-electron chi connectivity index (χ1n) is 7.02. The predicted octanol–water partition coefficient (Wildman–Crippen LogP) is 4.26. The van der Waals surface area contributed by atoms with Crippen LogP contribution in [0.15, 0.2) is 54.6 Å². The van der Waals surface area contributed by atoms with Crippen molar-refractivity contribution in [1.82, 2.24) is 4.57 Å². The number of ether oxygens (including phenoxy) is 1. The predicted molar refractivity (Wildman–Crippen MR) is 83.4 cm³/mol. The van der Waals surface area contributed by atoms with E-state index in [1.807, 2.05) is 12.1 Å². The molecule has 0 N–H and O–H groups in total. The highest BCUT2D eigenvalue weighted by Gasteiger charge is 2.07. The molecule has 20 heavy (non-hydrogen) atoms. The smallest absolute Gasteiger partial charge is 0.119 e. The lowest BCUT2D eigenvalue weighted by molar-refractivity contribution is 0.414. The fourth-order valence-corrected chi connectivity index (χ4v) is 2.70. The maximum Gasteiger partial charge on any atom is 0.119 e. The van der Waals surface area contributed by atoms with E-state index in [1.165, 1.54) is 22.2 Å². The van der Waals surface area contributed by atoms with Gasteiger partial charge in [-0.25, -0.2) is 0 Å². The molecule has 0 aliphatic heterocycles. The van der Waals surface area contributed by atoms with Gasteiger partial charge in [0.05, 0.1) is 7.11 Å². The van der Waals surface area contributed by atoms with Crippen LogP contribution in [0, 0.1) is 0 Å². The van der Waals surface area contributed by atoms with E-state index in [9.17, 15) is 0 Å². The molecular formula is C18H19NO. The second kappa shape index (κ2) is 5.41. The summed E-state index contributed by atoms with van der Waals surface area (Å²) in [5.41, 5.74) is 3.93. The molecule has 0 amide bonds. The van der Waals surface area contributed by atoms with Gasteiger partial charge in [-0.1, -0.05) is 37.3 Å². The standard InChI is InChI=1S/C18H19NO/c1-3-16-12-15-8-4-5-10-18(15)19(16)13-14-7-6-9-17(11-14)20-2/h4-12H,3,13H2,1-2H3. The van der Waals surface area contributed by atoms with E-state index in [-0.39, 0.29) is 0 Å². The highest BCUT2D eigenvalue weighted by atomic mass is 16.5. The lowest BCUT2D eigenvalue weighted by Gasteiger charge is -2.11. The van der Waals surface area contributed by atoms with Gasteiger partial charge in [0.15, 0.2) is 0 Å². The molecule has 0 unspecified atom stereocenters. The van der Waals surface area contributed by atoms with Crippen molar-refractivity contribution in [3.63, 3.8) is 0 Å². The van der Waals surface area contributed by atoms with Gasteiger partial charge in [0.1, 0.15) is 5.75 Å². The van der Waals surface area contributed by atoms with Crippen LogP contribution in [0.1, 0.15) is 18.2 Å². The van der Waals surface area contributed by atoms with E-state index in [2.05, 4.69) is 54.0 Å². The summed E-state index contributed by atoms with van der Waals surface area (Å²) in [7, 11) is 1.71. The van der Waals surface area contributed by atoms with Gasteiger partial charge in [0.25, 0.3) is 0 Å². The van der Waals surface area contributed by atoms with Crippen LogP contribution in [0.5, 0.6) is 5.75 Å². The van der Waals surface area contributed by atoms with Crippen molar-refractivity contribution in [3.8, 4) is 5.75 Å². The van der Waals surface area contributed by atoms with Gasteiger partial charge in [-0.05, 0) is 41.6 Å². The fourth-order valence-electron chi connectivity index (χ4n) is 2.70. The van der Waals surface area contributed by atoms with E-state index in [4.69, 9.17) is 4.74 Å². The summed E-state index contributed by atoms with van der Waals surface area (Å²) in [6.45, 7) is 3.09. The van der Waals surface area contributed by atoms with Crippen LogP contribution in [0.2, 0.25) is 0 Å². The van der Waals surface area contributed by atoms with Crippen molar-refractivity contribution in [2.75, 3.05) is 7.11 Å². The molecule has 3 aromatic rings. The Kier molecular flexibility index (Phi) is 3.46. The van der Waals surface area contributed by atoms with E-state index < -0.39 is 0 Å². The summed E-state index contributed by atoms with van der Waals surface area (Å²) in [4.78, 5) is 0. The van der Waals surface area contributed by atoms with E-state index in [1.54, 1.807) is 7.11 Å². The molecule has 0 saturated carbocycles. The van der Waals surface area contributed by atoms with Crippen molar-refractivity contribution in [3.05, 3.63) is 65.9 Å². The van der Waals surface area contributed by atoms with E-state index in [0.717, 1.165) is 18.7 Å². The molecule has 0 radical (unpaired) electrons. The Hall–Kier alpha value is -2.22. The first-order chi connectivity index (χ1) is 9.81. The topological polar surface area (TPSA) is 14.2 Å². The Labute approximate surface area is 119 Å². The molecule has 0 atom stereocenters. The quantitative estimate of drug-likeness (QED) is 0.687. The van der Waals surface area contributed by atoms with Gasteiger partial charge in [-0.3, -0.25) is 0 Å². The molecule has 0 aliphatic carbocycles. The van der Waals surface area contributed by atoms with Gasteiger partial charge in [0, 0.05) is 17.8 Å². The highest BCUT2D eigenvalue weighted by molar-refractivity contribution is 5.81. The monoisotopic (exact) mass is 265 g/mol. The number of aryl methyl sites for hydroxylation is 1. The van der Waals surface area contributed by atoms with Crippen LogP contribution in [0.3, 0.4) is 0 Å². The number of para-hydroxylation sites is 1. The van der Waals surface area contributed by atoms with Crippen molar-refractivity contribution in [2.24, 2.45) is 0 Å². The lowest BCUT2D eigenvalue weighted by Crippen LogP contribution is -2.03.